The Hall–Kier alpha value is -2.07. The van der Waals surface area contributed by atoms with E-state index in [4.69, 9.17) is 10.2 Å². The molecule has 4 heteroatoms. The molecule has 0 fully saturated rings. The molecule has 0 saturated carbocycles. The molecule has 0 atom stereocenters. The van der Waals surface area contributed by atoms with Crippen molar-refractivity contribution < 1.29 is 9.21 Å². The van der Waals surface area contributed by atoms with Crippen LogP contribution in [0.1, 0.15) is 31.6 Å². The number of anilines is 1. The zero-order valence-corrected chi connectivity index (χ0v) is 12.6. The third-order valence-electron chi connectivity index (χ3n) is 3.40. The summed E-state index contributed by atoms with van der Waals surface area (Å²) in [6, 6.07) is 11.7. The van der Waals surface area contributed by atoms with Crippen molar-refractivity contribution in [2.75, 3.05) is 4.90 Å². The van der Waals surface area contributed by atoms with Gasteiger partial charge in [0.2, 0.25) is 5.91 Å². The van der Waals surface area contributed by atoms with Crippen LogP contribution < -0.4 is 10.6 Å². The number of hydrogen-bond donors (Lipinski definition) is 1. The number of hydrogen-bond acceptors (Lipinski definition) is 3. The van der Waals surface area contributed by atoms with Crippen LogP contribution in [0.25, 0.3) is 0 Å². The summed E-state index contributed by atoms with van der Waals surface area (Å²) in [6.07, 6.45) is 2.69. The molecule has 0 bridgehead atoms. The zero-order chi connectivity index (χ0) is 15.2. The second kappa shape index (κ2) is 7.09. The lowest BCUT2D eigenvalue weighted by molar-refractivity contribution is -0.119. The number of nitrogens with two attached hydrogens (primary N) is 1. The molecule has 0 saturated heterocycles. The van der Waals surface area contributed by atoms with E-state index < -0.39 is 0 Å². The van der Waals surface area contributed by atoms with Gasteiger partial charge in [-0.1, -0.05) is 12.1 Å². The van der Waals surface area contributed by atoms with Crippen molar-refractivity contribution in [2.45, 2.75) is 39.3 Å². The lowest BCUT2D eigenvalue weighted by atomic mass is 10.1. The lowest BCUT2D eigenvalue weighted by Crippen LogP contribution is -2.37. The Labute approximate surface area is 125 Å². The molecule has 0 aliphatic carbocycles. The highest BCUT2D eigenvalue weighted by Crippen LogP contribution is 2.20. The van der Waals surface area contributed by atoms with Crippen LogP contribution in [0.15, 0.2) is 47.1 Å². The van der Waals surface area contributed by atoms with Crippen LogP contribution in [-0.2, 0) is 17.8 Å². The third-order valence-corrected chi connectivity index (χ3v) is 3.40. The number of carbonyl (C=O) groups is 1. The molecular formula is C17H22N2O2. The van der Waals surface area contributed by atoms with Crippen LogP contribution >= 0.6 is 0 Å². The van der Waals surface area contributed by atoms with Gasteiger partial charge in [0, 0.05) is 31.1 Å². The topological polar surface area (TPSA) is 59.5 Å². The van der Waals surface area contributed by atoms with Gasteiger partial charge >= 0.3 is 0 Å². The summed E-state index contributed by atoms with van der Waals surface area (Å²) in [5, 5.41) is 0. The standard InChI is InChI=1S/C17H22N2O2/c1-13(2)19(15-7-5-14(12-18)6-8-15)17(20)10-9-16-4-3-11-21-16/h3-8,11,13H,9-10,12,18H2,1-2H3. The monoisotopic (exact) mass is 286 g/mol. The van der Waals surface area contributed by atoms with Crippen molar-refractivity contribution in [3.05, 3.63) is 54.0 Å². The summed E-state index contributed by atoms with van der Waals surface area (Å²) < 4.78 is 5.28. The van der Waals surface area contributed by atoms with E-state index in [9.17, 15) is 4.79 Å². The second-order valence-corrected chi connectivity index (χ2v) is 5.31. The molecule has 2 aromatic rings. The van der Waals surface area contributed by atoms with Gasteiger partial charge in [0.1, 0.15) is 5.76 Å². The smallest absolute Gasteiger partial charge is 0.227 e. The predicted molar refractivity (Wildman–Crippen MR) is 84.0 cm³/mol. The first-order valence-corrected chi connectivity index (χ1v) is 7.25. The molecule has 1 heterocycles. The number of rotatable bonds is 6. The molecule has 0 unspecified atom stereocenters. The molecule has 112 valence electrons. The average Bonchev–Trinajstić information content (AvgIpc) is 2.99. The maximum atomic E-state index is 12.5. The van der Waals surface area contributed by atoms with Gasteiger partial charge in [-0.05, 0) is 43.7 Å². The average molecular weight is 286 g/mol. The summed E-state index contributed by atoms with van der Waals surface area (Å²) in [5.41, 5.74) is 7.58. The van der Waals surface area contributed by atoms with E-state index in [-0.39, 0.29) is 11.9 Å². The van der Waals surface area contributed by atoms with Gasteiger partial charge in [-0.3, -0.25) is 4.79 Å². The van der Waals surface area contributed by atoms with E-state index in [1.54, 1.807) is 6.26 Å². The first-order valence-electron chi connectivity index (χ1n) is 7.25. The fraction of sp³-hybridized carbons (Fsp3) is 0.353. The molecule has 2 N–H and O–H groups in total. The molecular weight excluding hydrogens is 264 g/mol. The summed E-state index contributed by atoms with van der Waals surface area (Å²) in [7, 11) is 0. The van der Waals surface area contributed by atoms with Crippen molar-refractivity contribution in [3.63, 3.8) is 0 Å². The van der Waals surface area contributed by atoms with Crippen molar-refractivity contribution >= 4 is 11.6 Å². The highest BCUT2D eigenvalue weighted by atomic mass is 16.3. The Balaban J connectivity index is 2.08. The maximum Gasteiger partial charge on any atom is 0.227 e. The van der Waals surface area contributed by atoms with E-state index in [1.165, 1.54) is 0 Å². The van der Waals surface area contributed by atoms with E-state index in [0.717, 1.165) is 17.0 Å². The van der Waals surface area contributed by atoms with E-state index in [1.807, 2.05) is 55.1 Å². The fourth-order valence-electron chi connectivity index (χ4n) is 2.33. The minimum absolute atomic E-state index is 0.0990. The first kappa shape index (κ1) is 15.3. The van der Waals surface area contributed by atoms with Crippen molar-refractivity contribution in [3.8, 4) is 0 Å². The molecule has 1 aromatic heterocycles. The van der Waals surface area contributed by atoms with Gasteiger partial charge in [-0.2, -0.15) is 0 Å². The van der Waals surface area contributed by atoms with Gasteiger partial charge in [-0.25, -0.2) is 0 Å². The molecule has 0 radical (unpaired) electrons. The maximum absolute atomic E-state index is 12.5. The van der Waals surface area contributed by atoms with Gasteiger partial charge in [-0.15, -0.1) is 0 Å². The molecule has 0 aliphatic rings. The second-order valence-electron chi connectivity index (χ2n) is 5.31. The normalized spacial score (nSPS) is 10.9. The van der Waals surface area contributed by atoms with Gasteiger partial charge < -0.3 is 15.1 Å². The minimum atomic E-state index is 0.0990. The van der Waals surface area contributed by atoms with Crippen LogP contribution in [0.5, 0.6) is 0 Å². The van der Waals surface area contributed by atoms with Crippen LogP contribution in [0.4, 0.5) is 5.69 Å². The fourth-order valence-corrected chi connectivity index (χ4v) is 2.33. The first-order chi connectivity index (χ1) is 10.1. The van der Waals surface area contributed by atoms with E-state index in [0.29, 0.717) is 19.4 Å². The SMILES string of the molecule is CC(C)N(C(=O)CCc1ccco1)c1ccc(CN)cc1. The van der Waals surface area contributed by atoms with Crippen molar-refractivity contribution in [2.24, 2.45) is 5.73 Å². The predicted octanol–water partition coefficient (Wildman–Crippen LogP) is 3.11. The molecule has 2 rings (SSSR count). The summed E-state index contributed by atoms with van der Waals surface area (Å²) in [4.78, 5) is 14.3. The summed E-state index contributed by atoms with van der Waals surface area (Å²) in [6.45, 7) is 4.54. The molecule has 1 aromatic carbocycles. The number of aryl methyl sites for hydroxylation is 1. The Kier molecular flexibility index (Phi) is 5.17. The number of nitrogens with zero attached hydrogens (tertiary/aromatic N) is 1. The molecule has 1 amide bonds. The number of benzene rings is 1. The Morgan fingerprint density at radius 2 is 1.95 bits per heavy atom. The van der Waals surface area contributed by atoms with Gasteiger partial charge in [0.15, 0.2) is 0 Å². The van der Waals surface area contributed by atoms with Crippen LogP contribution in [0, 0.1) is 0 Å². The molecule has 0 aliphatic heterocycles. The van der Waals surface area contributed by atoms with Gasteiger partial charge in [0.25, 0.3) is 0 Å². The summed E-state index contributed by atoms with van der Waals surface area (Å²) >= 11 is 0. The molecule has 21 heavy (non-hydrogen) atoms. The highest BCUT2D eigenvalue weighted by Gasteiger charge is 2.19. The largest absolute Gasteiger partial charge is 0.469 e. The minimum Gasteiger partial charge on any atom is -0.469 e. The highest BCUT2D eigenvalue weighted by molar-refractivity contribution is 5.93. The number of amides is 1. The van der Waals surface area contributed by atoms with Crippen molar-refractivity contribution in [1.29, 1.82) is 0 Å². The summed E-state index contributed by atoms with van der Waals surface area (Å²) in [5.74, 6) is 0.937. The van der Waals surface area contributed by atoms with E-state index in [2.05, 4.69) is 0 Å². The van der Waals surface area contributed by atoms with E-state index >= 15 is 0 Å². The Bertz CT molecular complexity index is 559. The van der Waals surface area contributed by atoms with Crippen molar-refractivity contribution in [1.82, 2.24) is 0 Å². The Morgan fingerprint density at radius 3 is 2.48 bits per heavy atom. The van der Waals surface area contributed by atoms with Gasteiger partial charge in [0.05, 0.1) is 6.26 Å². The van der Waals surface area contributed by atoms with Crippen LogP contribution in [0.3, 0.4) is 0 Å². The van der Waals surface area contributed by atoms with Crippen LogP contribution in [-0.4, -0.2) is 11.9 Å². The number of furan rings is 1. The lowest BCUT2D eigenvalue weighted by Gasteiger charge is -2.27. The third kappa shape index (κ3) is 3.95. The number of carbonyl (C=O) groups excluding carboxylic acids is 1. The zero-order valence-electron chi connectivity index (χ0n) is 12.6. The Morgan fingerprint density at radius 1 is 1.24 bits per heavy atom. The quantitative estimate of drug-likeness (QED) is 0.887. The van der Waals surface area contributed by atoms with Crippen LogP contribution in [0.2, 0.25) is 0 Å². The molecule has 0 spiro atoms. The molecule has 4 nitrogen and oxygen atoms in total.